The lowest BCUT2D eigenvalue weighted by Crippen LogP contribution is -2.35. The summed E-state index contributed by atoms with van der Waals surface area (Å²) in [5.74, 6) is -1.35. The molecule has 1 N–H and O–H groups in total. The fourth-order valence-electron chi connectivity index (χ4n) is 1.98. The second-order valence-electron chi connectivity index (χ2n) is 5.73. The van der Waals surface area contributed by atoms with Gasteiger partial charge in [0.1, 0.15) is 0 Å². The van der Waals surface area contributed by atoms with Crippen LogP contribution in [0.2, 0.25) is 0 Å². The molecule has 1 amide bonds. The summed E-state index contributed by atoms with van der Waals surface area (Å²) >= 11 is 0. The van der Waals surface area contributed by atoms with Crippen LogP contribution in [0.5, 0.6) is 0 Å². The Morgan fingerprint density at radius 2 is 1.95 bits per heavy atom. The number of amides is 1. The van der Waals surface area contributed by atoms with E-state index in [1.807, 2.05) is 20.8 Å². The van der Waals surface area contributed by atoms with Crippen LogP contribution >= 0.6 is 0 Å². The van der Waals surface area contributed by atoms with Crippen molar-refractivity contribution in [1.82, 2.24) is 14.7 Å². The standard InChI is InChI=1S/C13H21N3O3/c1-8(17)16(6)10(12(18)19)9-7-15(5)14-11(9)13(2,3)4/h7,10H,1-6H3,(H,18,19). The predicted octanol–water partition coefficient (Wildman–Crippen LogP) is 1.32. The van der Waals surface area contributed by atoms with Crippen molar-refractivity contribution in [3.8, 4) is 0 Å². The van der Waals surface area contributed by atoms with Gasteiger partial charge in [-0.15, -0.1) is 0 Å². The zero-order valence-corrected chi connectivity index (χ0v) is 12.3. The second kappa shape index (κ2) is 5.03. The number of carboxylic acid groups (broad SMARTS) is 1. The smallest absolute Gasteiger partial charge is 0.331 e. The number of carboxylic acids is 1. The molecule has 0 radical (unpaired) electrons. The SMILES string of the molecule is CC(=O)N(C)C(C(=O)O)c1cn(C)nc1C(C)(C)C. The van der Waals surface area contributed by atoms with E-state index in [2.05, 4.69) is 5.10 Å². The highest BCUT2D eigenvalue weighted by Gasteiger charge is 2.34. The molecule has 0 saturated heterocycles. The number of aromatic nitrogens is 2. The van der Waals surface area contributed by atoms with Gasteiger partial charge in [0.05, 0.1) is 5.69 Å². The van der Waals surface area contributed by atoms with E-state index in [1.165, 1.54) is 18.9 Å². The fraction of sp³-hybridized carbons (Fsp3) is 0.615. The van der Waals surface area contributed by atoms with E-state index >= 15 is 0 Å². The molecule has 6 heteroatoms. The first-order chi connectivity index (χ1) is 8.55. The minimum atomic E-state index is -1.06. The topological polar surface area (TPSA) is 75.4 Å². The fourth-order valence-corrected chi connectivity index (χ4v) is 1.98. The van der Waals surface area contributed by atoms with E-state index in [0.29, 0.717) is 11.3 Å². The van der Waals surface area contributed by atoms with Crippen LogP contribution in [-0.2, 0) is 22.1 Å². The number of nitrogens with zero attached hydrogens (tertiary/aromatic N) is 3. The van der Waals surface area contributed by atoms with E-state index in [1.54, 1.807) is 17.9 Å². The van der Waals surface area contributed by atoms with Crippen LogP contribution in [0.3, 0.4) is 0 Å². The van der Waals surface area contributed by atoms with Gasteiger partial charge in [0, 0.05) is 38.2 Å². The lowest BCUT2D eigenvalue weighted by molar-refractivity contribution is -0.148. The Labute approximate surface area is 113 Å². The normalized spacial score (nSPS) is 13.2. The molecule has 106 valence electrons. The van der Waals surface area contributed by atoms with Crippen LogP contribution in [0, 0.1) is 0 Å². The van der Waals surface area contributed by atoms with Crippen molar-refractivity contribution in [3.05, 3.63) is 17.5 Å². The monoisotopic (exact) mass is 267 g/mol. The molecule has 1 atom stereocenters. The molecule has 0 aliphatic rings. The Morgan fingerprint density at radius 1 is 1.42 bits per heavy atom. The number of carbonyl (C=O) groups is 2. The quantitative estimate of drug-likeness (QED) is 0.896. The van der Waals surface area contributed by atoms with E-state index in [9.17, 15) is 14.7 Å². The molecule has 0 spiro atoms. The predicted molar refractivity (Wildman–Crippen MR) is 70.7 cm³/mol. The molecule has 0 aliphatic carbocycles. The Kier molecular flexibility index (Phi) is 4.03. The highest BCUT2D eigenvalue weighted by Crippen LogP contribution is 2.31. The van der Waals surface area contributed by atoms with Crippen molar-refractivity contribution in [1.29, 1.82) is 0 Å². The molecule has 0 saturated carbocycles. The van der Waals surface area contributed by atoms with Gasteiger partial charge in [-0.2, -0.15) is 5.10 Å². The Balaban J connectivity index is 3.40. The molecule has 1 aromatic rings. The molecule has 1 unspecified atom stereocenters. The van der Waals surface area contributed by atoms with Crippen LogP contribution in [0.15, 0.2) is 6.20 Å². The summed E-state index contributed by atoms with van der Waals surface area (Å²) in [6.07, 6.45) is 1.67. The summed E-state index contributed by atoms with van der Waals surface area (Å²) in [5, 5.41) is 13.8. The molecular formula is C13H21N3O3. The van der Waals surface area contributed by atoms with Crippen molar-refractivity contribution in [2.75, 3.05) is 7.05 Å². The highest BCUT2D eigenvalue weighted by atomic mass is 16.4. The summed E-state index contributed by atoms with van der Waals surface area (Å²) in [6.45, 7) is 7.24. The van der Waals surface area contributed by atoms with Crippen molar-refractivity contribution in [3.63, 3.8) is 0 Å². The number of carbonyl (C=O) groups excluding carboxylic acids is 1. The van der Waals surface area contributed by atoms with Gasteiger partial charge in [0.2, 0.25) is 5.91 Å². The highest BCUT2D eigenvalue weighted by molar-refractivity contribution is 5.83. The van der Waals surface area contributed by atoms with Gasteiger partial charge in [-0.25, -0.2) is 4.79 Å². The minimum absolute atomic E-state index is 0.290. The average molecular weight is 267 g/mol. The number of aryl methyl sites for hydroxylation is 1. The maximum absolute atomic E-state index is 11.5. The Morgan fingerprint density at radius 3 is 2.32 bits per heavy atom. The molecule has 0 bridgehead atoms. The van der Waals surface area contributed by atoms with E-state index in [-0.39, 0.29) is 11.3 Å². The summed E-state index contributed by atoms with van der Waals surface area (Å²) in [4.78, 5) is 24.2. The molecule has 0 aliphatic heterocycles. The summed E-state index contributed by atoms with van der Waals surface area (Å²) < 4.78 is 1.58. The Hall–Kier alpha value is -1.85. The third kappa shape index (κ3) is 3.13. The minimum Gasteiger partial charge on any atom is -0.479 e. The summed E-state index contributed by atoms with van der Waals surface area (Å²) in [6, 6.07) is -1.01. The summed E-state index contributed by atoms with van der Waals surface area (Å²) in [7, 11) is 3.23. The number of aliphatic carboxylic acids is 1. The zero-order chi connectivity index (χ0) is 15.0. The maximum Gasteiger partial charge on any atom is 0.331 e. The molecule has 1 aromatic heterocycles. The van der Waals surface area contributed by atoms with Crippen molar-refractivity contribution < 1.29 is 14.7 Å². The van der Waals surface area contributed by atoms with Crippen molar-refractivity contribution in [2.45, 2.75) is 39.2 Å². The molecular weight excluding hydrogens is 246 g/mol. The van der Waals surface area contributed by atoms with Gasteiger partial charge in [0.15, 0.2) is 6.04 Å². The molecule has 0 fully saturated rings. The number of rotatable bonds is 3. The van der Waals surface area contributed by atoms with Crippen LogP contribution in [0.1, 0.15) is 45.0 Å². The zero-order valence-electron chi connectivity index (χ0n) is 12.3. The number of hydrogen-bond acceptors (Lipinski definition) is 3. The first-order valence-electron chi connectivity index (χ1n) is 6.06. The molecule has 0 aromatic carbocycles. The van der Waals surface area contributed by atoms with Gasteiger partial charge in [0.25, 0.3) is 0 Å². The number of likely N-dealkylation sites (N-methyl/N-ethyl adjacent to an activating group) is 1. The first-order valence-corrected chi connectivity index (χ1v) is 6.06. The van der Waals surface area contributed by atoms with E-state index in [0.717, 1.165) is 0 Å². The van der Waals surface area contributed by atoms with Crippen molar-refractivity contribution in [2.24, 2.45) is 7.05 Å². The van der Waals surface area contributed by atoms with Crippen LogP contribution in [-0.4, -0.2) is 38.7 Å². The molecule has 1 rings (SSSR count). The van der Waals surface area contributed by atoms with Crippen molar-refractivity contribution >= 4 is 11.9 Å². The van der Waals surface area contributed by atoms with Crippen LogP contribution in [0.25, 0.3) is 0 Å². The van der Waals surface area contributed by atoms with Gasteiger partial charge in [-0.1, -0.05) is 20.8 Å². The third-order valence-electron chi connectivity index (χ3n) is 2.98. The van der Waals surface area contributed by atoms with E-state index < -0.39 is 12.0 Å². The summed E-state index contributed by atoms with van der Waals surface area (Å²) in [5.41, 5.74) is 0.956. The third-order valence-corrected chi connectivity index (χ3v) is 2.98. The average Bonchev–Trinajstić information content (AvgIpc) is 2.59. The molecule has 6 nitrogen and oxygen atoms in total. The van der Waals surface area contributed by atoms with Gasteiger partial charge in [-0.3, -0.25) is 9.48 Å². The first kappa shape index (κ1) is 15.2. The Bertz CT molecular complexity index is 500. The number of hydrogen-bond donors (Lipinski definition) is 1. The van der Waals surface area contributed by atoms with Crippen LogP contribution < -0.4 is 0 Å². The maximum atomic E-state index is 11.5. The lowest BCUT2D eigenvalue weighted by atomic mass is 9.87. The van der Waals surface area contributed by atoms with Gasteiger partial charge >= 0.3 is 5.97 Å². The van der Waals surface area contributed by atoms with Crippen LogP contribution in [0.4, 0.5) is 0 Å². The molecule has 19 heavy (non-hydrogen) atoms. The second-order valence-corrected chi connectivity index (χ2v) is 5.73. The largest absolute Gasteiger partial charge is 0.479 e. The lowest BCUT2D eigenvalue weighted by Gasteiger charge is -2.26. The van der Waals surface area contributed by atoms with E-state index in [4.69, 9.17) is 0 Å². The van der Waals surface area contributed by atoms with Gasteiger partial charge < -0.3 is 10.0 Å². The molecule has 1 heterocycles. The van der Waals surface area contributed by atoms with Gasteiger partial charge in [-0.05, 0) is 0 Å².